The van der Waals surface area contributed by atoms with Crippen LogP contribution in [0, 0.1) is 13.8 Å². The number of aryl methyl sites for hydroxylation is 1. The Labute approximate surface area is 190 Å². The minimum atomic E-state index is -0.770. The van der Waals surface area contributed by atoms with Crippen LogP contribution in [0.2, 0.25) is 5.02 Å². The second kappa shape index (κ2) is 9.16. The number of halogens is 1. The lowest BCUT2D eigenvalue weighted by atomic mass is 10.1. The molecule has 0 unspecified atom stereocenters. The highest BCUT2D eigenvalue weighted by atomic mass is 35.5. The van der Waals surface area contributed by atoms with Crippen LogP contribution in [0.3, 0.4) is 0 Å². The van der Waals surface area contributed by atoms with Crippen LogP contribution in [-0.2, 0) is 4.74 Å². The summed E-state index contributed by atoms with van der Waals surface area (Å²) < 4.78 is 6.82. The molecule has 0 N–H and O–H groups in total. The Morgan fingerprint density at radius 3 is 2.38 bits per heavy atom. The molecule has 0 bridgehead atoms. The van der Waals surface area contributed by atoms with Crippen LogP contribution in [0.15, 0.2) is 72.8 Å². The molecule has 1 heterocycles. The molecule has 1 aromatic heterocycles. The molecule has 6 nitrogen and oxygen atoms in total. The smallest absolute Gasteiger partial charge is 0.378 e. The van der Waals surface area contributed by atoms with Crippen molar-refractivity contribution in [1.82, 2.24) is 14.8 Å². The molecule has 0 amide bonds. The third-order valence-corrected chi connectivity index (χ3v) is 5.38. The maximum Gasteiger partial charge on any atom is 0.378 e. The number of nitrogens with zero attached hydrogens (tertiary/aromatic N) is 3. The lowest BCUT2D eigenvalue weighted by molar-refractivity contribution is 0.0462. The molecule has 0 saturated carbocycles. The molecule has 0 atom stereocenters. The van der Waals surface area contributed by atoms with Crippen LogP contribution in [0.4, 0.5) is 0 Å². The quantitative estimate of drug-likeness (QED) is 0.299. The Bertz CT molecular complexity index is 1280. The third-order valence-electron chi connectivity index (χ3n) is 5.13. The summed E-state index contributed by atoms with van der Waals surface area (Å²) in [4.78, 5) is 29.4. The number of benzene rings is 3. The molecule has 0 fully saturated rings. The topological polar surface area (TPSA) is 74.1 Å². The van der Waals surface area contributed by atoms with Gasteiger partial charge in [-0.05, 0) is 55.3 Å². The molecule has 0 aliphatic heterocycles. The van der Waals surface area contributed by atoms with E-state index in [2.05, 4.69) is 10.1 Å². The van der Waals surface area contributed by atoms with Crippen LogP contribution in [0.25, 0.3) is 17.1 Å². The number of esters is 1. The fraction of sp³-hybridized carbons (Fsp3) is 0.120. The van der Waals surface area contributed by atoms with Crippen LogP contribution in [0.1, 0.15) is 32.1 Å². The molecule has 4 rings (SSSR count). The Balaban J connectivity index is 1.67. The van der Waals surface area contributed by atoms with Gasteiger partial charge in [-0.2, -0.15) is 0 Å². The number of hydrogen-bond donors (Lipinski definition) is 0. The predicted octanol–water partition coefficient (Wildman–Crippen LogP) is 5.24. The zero-order valence-corrected chi connectivity index (χ0v) is 18.3. The van der Waals surface area contributed by atoms with Gasteiger partial charge in [-0.3, -0.25) is 4.79 Å². The van der Waals surface area contributed by atoms with E-state index in [0.29, 0.717) is 16.4 Å². The molecule has 0 spiro atoms. The van der Waals surface area contributed by atoms with E-state index < -0.39 is 12.6 Å². The zero-order valence-electron chi connectivity index (χ0n) is 17.6. The van der Waals surface area contributed by atoms with Crippen molar-refractivity contribution in [2.45, 2.75) is 13.8 Å². The number of Topliss-reactive ketones (excluding diaryl/α,β-unsaturated/α-hetero) is 1. The summed E-state index contributed by atoms with van der Waals surface area (Å²) in [6.45, 7) is 3.59. The van der Waals surface area contributed by atoms with Crippen LogP contribution < -0.4 is 0 Å². The highest BCUT2D eigenvalue weighted by molar-refractivity contribution is 6.30. The van der Waals surface area contributed by atoms with Crippen LogP contribution in [0.5, 0.6) is 0 Å². The summed E-state index contributed by atoms with van der Waals surface area (Å²) in [5.74, 6) is -0.729. The summed E-state index contributed by atoms with van der Waals surface area (Å²) in [5, 5.41) is 5.01. The van der Waals surface area contributed by atoms with Crippen molar-refractivity contribution in [2.24, 2.45) is 0 Å². The fourth-order valence-electron chi connectivity index (χ4n) is 3.22. The molecule has 3 aromatic carbocycles. The first-order chi connectivity index (χ1) is 15.4. The third kappa shape index (κ3) is 4.45. The van der Waals surface area contributed by atoms with Gasteiger partial charge in [0.25, 0.3) is 5.82 Å². The first kappa shape index (κ1) is 21.5. The van der Waals surface area contributed by atoms with Gasteiger partial charge >= 0.3 is 5.97 Å². The molecule has 160 valence electrons. The predicted molar refractivity (Wildman–Crippen MR) is 122 cm³/mol. The average molecular weight is 446 g/mol. The van der Waals surface area contributed by atoms with Gasteiger partial charge < -0.3 is 4.74 Å². The number of aromatic nitrogens is 3. The van der Waals surface area contributed by atoms with Gasteiger partial charge in [0, 0.05) is 16.1 Å². The number of carbonyl (C=O) groups excluding carboxylic acids is 2. The first-order valence-corrected chi connectivity index (χ1v) is 10.4. The number of ketones is 1. The van der Waals surface area contributed by atoms with Crippen molar-refractivity contribution < 1.29 is 14.3 Å². The summed E-state index contributed by atoms with van der Waals surface area (Å²) in [6.07, 6.45) is 0. The van der Waals surface area contributed by atoms with Crippen LogP contribution in [-0.4, -0.2) is 33.1 Å². The Morgan fingerprint density at radius 1 is 0.938 bits per heavy atom. The summed E-state index contributed by atoms with van der Waals surface area (Å²) in [6, 6.07) is 21.6. The van der Waals surface area contributed by atoms with Gasteiger partial charge in [0.2, 0.25) is 0 Å². The van der Waals surface area contributed by atoms with Crippen molar-refractivity contribution in [3.63, 3.8) is 0 Å². The maximum atomic E-state index is 12.7. The van der Waals surface area contributed by atoms with E-state index in [1.54, 1.807) is 41.1 Å². The van der Waals surface area contributed by atoms with E-state index in [1.165, 1.54) is 0 Å². The SMILES string of the molecule is Cc1cccc(-n2nc(C(=O)OCC(=O)c3ccccc3)nc2-c2ccc(Cl)cc2)c1C. The lowest BCUT2D eigenvalue weighted by Gasteiger charge is -2.11. The van der Waals surface area contributed by atoms with E-state index in [4.69, 9.17) is 16.3 Å². The van der Waals surface area contributed by atoms with E-state index >= 15 is 0 Å². The van der Waals surface area contributed by atoms with E-state index in [9.17, 15) is 9.59 Å². The molecule has 0 radical (unpaired) electrons. The van der Waals surface area contributed by atoms with Gasteiger partial charge in [-0.25, -0.2) is 14.5 Å². The van der Waals surface area contributed by atoms with Gasteiger partial charge in [-0.15, -0.1) is 5.10 Å². The Hall–Kier alpha value is -3.77. The summed E-state index contributed by atoms with van der Waals surface area (Å²) in [5.41, 5.74) is 4.09. The molecule has 0 aliphatic rings. The van der Waals surface area contributed by atoms with Gasteiger partial charge in [0.05, 0.1) is 5.69 Å². The zero-order chi connectivity index (χ0) is 22.7. The van der Waals surface area contributed by atoms with Crippen molar-refractivity contribution in [3.8, 4) is 17.1 Å². The minimum absolute atomic E-state index is 0.128. The standard InChI is InChI=1S/C25H20ClN3O3/c1-16-7-6-10-21(17(16)2)29-24(19-11-13-20(26)14-12-19)27-23(28-29)25(31)32-15-22(30)18-8-4-3-5-9-18/h3-14H,15H2,1-2H3. The average Bonchev–Trinajstić information content (AvgIpc) is 3.25. The monoisotopic (exact) mass is 445 g/mol. The second-order valence-corrected chi connectivity index (χ2v) is 7.70. The number of rotatable bonds is 6. The molecule has 32 heavy (non-hydrogen) atoms. The largest absolute Gasteiger partial charge is 0.451 e. The number of hydrogen-bond acceptors (Lipinski definition) is 5. The van der Waals surface area contributed by atoms with E-state index in [-0.39, 0.29) is 11.6 Å². The molecular weight excluding hydrogens is 426 g/mol. The normalized spacial score (nSPS) is 10.7. The molecule has 7 heteroatoms. The maximum absolute atomic E-state index is 12.7. The second-order valence-electron chi connectivity index (χ2n) is 7.26. The molecular formula is C25H20ClN3O3. The first-order valence-electron chi connectivity index (χ1n) is 9.99. The van der Waals surface area contributed by atoms with Crippen LogP contribution >= 0.6 is 11.6 Å². The number of ether oxygens (including phenoxy) is 1. The summed E-state index contributed by atoms with van der Waals surface area (Å²) >= 11 is 6.03. The van der Waals surface area contributed by atoms with Crippen molar-refractivity contribution in [3.05, 3.63) is 100 Å². The molecule has 0 aliphatic carbocycles. The molecule has 4 aromatic rings. The van der Waals surface area contributed by atoms with Gasteiger partial charge in [-0.1, -0.05) is 54.1 Å². The lowest BCUT2D eigenvalue weighted by Crippen LogP contribution is -2.15. The van der Waals surface area contributed by atoms with Crippen molar-refractivity contribution in [1.29, 1.82) is 0 Å². The van der Waals surface area contributed by atoms with E-state index in [0.717, 1.165) is 22.4 Å². The summed E-state index contributed by atoms with van der Waals surface area (Å²) in [7, 11) is 0. The highest BCUT2D eigenvalue weighted by Crippen LogP contribution is 2.26. The minimum Gasteiger partial charge on any atom is -0.451 e. The highest BCUT2D eigenvalue weighted by Gasteiger charge is 2.22. The van der Waals surface area contributed by atoms with E-state index in [1.807, 2.05) is 50.2 Å². The fourth-order valence-corrected chi connectivity index (χ4v) is 3.35. The van der Waals surface area contributed by atoms with Crippen molar-refractivity contribution in [2.75, 3.05) is 6.61 Å². The van der Waals surface area contributed by atoms with Gasteiger partial charge in [0.15, 0.2) is 18.2 Å². The number of carbonyl (C=O) groups is 2. The van der Waals surface area contributed by atoms with Crippen molar-refractivity contribution >= 4 is 23.4 Å². The Kier molecular flexibility index (Phi) is 6.14. The molecule has 0 saturated heterocycles. The Morgan fingerprint density at radius 2 is 1.66 bits per heavy atom. The van der Waals surface area contributed by atoms with Gasteiger partial charge in [0.1, 0.15) is 0 Å².